The lowest BCUT2D eigenvalue weighted by Gasteiger charge is -2.15. The van der Waals surface area contributed by atoms with Crippen molar-refractivity contribution in [1.29, 1.82) is 5.41 Å². The zero-order valence-corrected chi connectivity index (χ0v) is 10.1. The molecule has 0 aliphatic heterocycles. The smallest absolute Gasteiger partial charge is 0.0905 e. The van der Waals surface area contributed by atoms with Crippen LogP contribution in [0.25, 0.3) is 0 Å². The van der Waals surface area contributed by atoms with Gasteiger partial charge >= 0.3 is 0 Å². The Bertz CT molecular complexity index is 331. The fourth-order valence-electron chi connectivity index (χ4n) is 1.64. The second-order valence-corrected chi connectivity index (χ2v) is 4.24. The Kier molecular flexibility index (Phi) is 4.98. The third-order valence-corrected chi connectivity index (χ3v) is 2.45. The number of aryl methyl sites for hydroxylation is 1. The van der Waals surface area contributed by atoms with E-state index in [1.165, 1.54) is 5.56 Å². The summed E-state index contributed by atoms with van der Waals surface area (Å²) in [6.07, 6.45) is 6.71. The minimum Gasteiger partial charge on any atom is -0.388 e. The van der Waals surface area contributed by atoms with Crippen LogP contribution in [0.2, 0.25) is 0 Å². The molecule has 0 radical (unpaired) electrons. The maximum Gasteiger partial charge on any atom is 0.0905 e. The first-order valence-corrected chi connectivity index (χ1v) is 5.57. The van der Waals surface area contributed by atoms with Crippen molar-refractivity contribution in [3.05, 3.63) is 18.0 Å². The van der Waals surface area contributed by atoms with Crippen molar-refractivity contribution in [2.75, 3.05) is 13.6 Å². The molecule has 5 nitrogen and oxygen atoms in total. The number of aromatic nitrogens is 2. The van der Waals surface area contributed by atoms with Crippen LogP contribution in [-0.4, -0.2) is 34.1 Å². The van der Waals surface area contributed by atoms with E-state index >= 15 is 0 Å². The fraction of sp³-hybridized carbons (Fsp3) is 0.636. The zero-order valence-electron chi connectivity index (χ0n) is 10.1. The third kappa shape index (κ3) is 4.93. The molecule has 1 heterocycles. The van der Waals surface area contributed by atoms with Crippen LogP contribution in [0.4, 0.5) is 0 Å². The van der Waals surface area contributed by atoms with E-state index in [4.69, 9.17) is 11.1 Å². The molecule has 16 heavy (non-hydrogen) atoms. The Morgan fingerprint density at radius 1 is 1.56 bits per heavy atom. The third-order valence-electron chi connectivity index (χ3n) is 2.45. The lowest BCUT2D eigenvalue weighted by molar-refractivity contribution is 0.319. The van der Waals surface area contributed by atoms with Crippen LogP contribution in [0.1, 0.15) is 24.8 Å². The van der Waals surface area contributed by atoms with Gasteiger partial charge in [-0.05, 0) is 26.4 Å². The maximum absolute atomic E-state index is 7.12. The summed E-state index contributed by atoms with van der Waals surface area (Å²) in [5.74, 6) is 0.287. The lowest BCUT2D eigenvalue weighted by atomic mass is 10.2. The molecule has 0 aliphatic carbocycles. The van der Waals surface area contributed by atoms with Crippen LogP contribution >= 0.6 is 0 Å². The summed E-state index contributed by atoms with van der Waals surface area (Å²) in [6.45, 7) is 1.95. The van der Waals surface area contributed by atoms with Crippen molar-refractivity contribution < 1.29 is 0 Å². The minimum absolute atomic E-state index is 0.287. The number of unbranched alkanes of at least 4 members (excludes halogenated alkanes) is 1. The molecule has 0 bridgehead atoms. The minimum atomic E-state index is 0.287. The Balaban J connectivity index is 2.16. The summed E-state index contributed by atoms with van der Waals surface area (Å²) >= 11 is 0. The van der Waals surface area contributed by atoms with E-state index in [0.29, 0.717) is 6.42 Å². The lowest BCUT2D eigenvalue weighted by Crippen LogP contribution is -2.19. The van der Waals surface area contributed by atoms with Gasteiger partial charge in [0.15, 0.2) is 0 Å². The average Bonchev–Trinajstić information content (AvgIpc) is 2.58. The van der Waals surface area contributed by atoms with Crippen molar-refractivity contribution in [2.24, 2.45) is 12.8 Å². The van der Waals surface area contributed by atoms with E-state index in [1.54, 1.807) is 0 Å². The first kappa shape index (κ1) is 12.7. The van der Waals surface area contributed by atoms with Crippen molar-refractivity contribution in [2.45, 2.75) is 25.8 Å². The summed E-state index contributed by atoms with van der Waals surface area (Å²) in [7, 11) is 4.02. The van der Waals surface area contributed by atoms with Crippen LogP contribution in [0, 0.1) is 5.41 Å². The number of hydrogen-bond acceptors (Lipinski definition) is 3. The number of rotatable bonds is 7. The molecule has 0 spiro atoms. The number of nitrogens with zero attached hydrogens (tertiary/aromatic N) is 3. The molecular formula is C11H21N5. The summed E-state index contributed by atoms with van der Waals surface area (Å²) < 4.78 is 1.82. The molecule has 0 fully saturated rings. The van der Waals surface area contributed by atoms with Crippen molar-refractivity contribution in [3.8, 4) is 0 Å². The Morgan fingerprint density at radius 3 is 2.88 bits per heavy atom. The second kappa shape index (κ2) is 6.27. The summed E-state index contributed by atoms with van der Waals surface area (Å²) in [5.41, 5.74) is 6.53. The van der Waals surface area contributed by atoms with Crippen LogP contribution in [0.3, 0.4) is 0 Å². The molecule has 0 amide bonds. The molecule has 0 aliphatic rings. The predicted molar refractivity (Wildman–Crippen MR) is 65.3 cm³/mol. The normalized spacial score (nSPS) is 10.9. The number of nitrogens with one attached hydrogen (secondary N) is 1. The van der Waals surface area contributed by atoms with E-state index in [1.807, 2.05) is 24.1 Å². The van der Waals surface area contributed by atoms with Gasteiger partial charge in [-0.15, -0.1) is 0 Å². The summed E-state index contributed by atoms with van der Waals surface area (Å²) in [5, 5.41) is 11.3. The largest absolute Gasteiger partial charge is 0.388 e. The predicted octanol–water partition coefficient (Wildman–Crippen LogP) is 0.958. The fourth-order valence-corrected chi connectivity index (χ4v) is 1.64. The number of hydrogen-bond donors (Lipinski definition) is 2. The highest BCUT2D eigenvalue weighted by Crippen LogP contribution is 2.03. The molecule has 1 aromatic rings. The van der Waals surface area contributed by atoms with Gasteiger partial charge in [0.1, 0.15) is 0 Å². The van der Waals surface area contributed by atoms with E-state index in [2.05, 4.69) is 17.0 Å². The number of nitrogens with two attached hydrogens (primary N) is 1. The van der Waals surface area contributed by atoms with Crippen LogP contribution in [0.15, 0.2) is 12.4 Å². The zero-order chi connectivity index (χ0) is 12.0. The van der Waals surface area contributed by atoms with Crippen molar-refractivity contribution in [1.82, 2.24) is 14.7 Å². The molecular weight excluding hydrogens is 202 g/mol. The molecule has 3 N–H and O–H groups in total. The maximum atomic E-state index is 7.12. The van der Waals surface area contributed by atoms with E-state index in [-0.39, 0.29) is 5.84 Å². The molecule has 1 rings (SSSR count). The topological polar surface area (TPSA) is 70.9 Å². The summed E-state index contributed by atoms with van der Waals surface area (Å²) in [6, 6.07) is 0. The van der Waals surface area contributed by atoms with Gasteiger partial charge in [-0.25, -0.2) is 0 Å². The van der Waals surface area contributed by atoms with Gasteiger partial charge < -0.3 is 10.6 Å². The van der Waals surface area contributed by atoms with Gasteiger partial charge in [-0.1, -0.05) is 0 Å². The van der Waals surface area contributed by atoms with Gasteiger partial charge in [0, 0.05) is 31.8 Å². The van der Waals surface area contributed by atoms with E-state index < -0.39 is 0 Å². The van der Waals surface area contributed by atoms with Gasteiger partial charge in [0.25, 0.3) is 0 Å². The Morgan fingerprint density at radius 2 is 2.31 bits per heavy atom. The Hall–Kier alpha value is -1.36. The molecule has 0 saturated heterocycles. The SMILES string of the molecule is CN(CCCCC(=N)N)Cc1cnn(C)c1. The van der Waals surface area contributed by atoms with Gasteiger partial charge in [0.05, 0.1) is 12.0 Å². The first-order chi connectivity index (χ1) is 7.58. The standard InChI is InChI=1S/C11H21N5/c1-15(6-4-3-5-11(12)13)8-10-7-14-16(2)9-10/h7,9H,3-6,8H2,1-2H3,(H3,12,13). The van der Waals surface area contributed by atoms with Gasteiger partial charge in [-0.2, -0.15) is 5.10 Å². The van der Waals surface area contributed by atoms with Crippen molar-refractivity contribution in [3.63, 3.8) is 0 Å². The monoisotopic (exact) mass is 223 g/mol. The molecule has 0 unspecified atom stereocenters. The number of amidine groups is 1. The highest BCUT2D eigenvalue weighted by atomic mass is 15.2. The average molecular weight is 223 g/mol. The quantitative estimate of drug-likeness (QED) is 0.411. The highest BCUT2D eigenvalue weighted by Gasteiger charge is 2.02. The van der Waals surface area contributed by atoms with Gasteiger partial charge in [0.2, 0.25) is 0 Å². The van der Waals surface area contributed by atoms with Crippen molar-refractivity contribution >= 4 is 5.84 Å². The molecule has 1 aromatic heterocycles. The van der Waals surface area contributed by atoms with Crippen LogP contribution in [0.5, 0.6) is 0 Å². The molecule has 90 valence electrons. The molecule has 0 atom stereocenters. The molecule has 5 heteroatoms. The second-order valence-electron chi connectivity index (χ2n) is 4.24. The molecule has 0 aromatic carbocycles. The van der Waals surface area contributed by atoms with Gasteiger partial charge in [-0.3, -0.25) is 10.1 Å². The highest BCUT2D eigenvalue weighted by molar-refractivity contribution is 5.76. The van der Waals surface area contributed by atoms with E-state index in [9.17, 15) is 0 Å². The molecule has 0 saturated carbocycles. The van der Waals surface area contributed by atoms with E-state index in [0.717, 1.165) is 25.9 Å². The Labute approximate surface area is 96.7 Å². The van der Waals surface area contributed by atoms with Crippen LogP contribution in [-0.2, 0) is 13.6 Å². The van der Waals surface area contributed by atoms with Crippen LogP contribution < -0.4 is 5.73 Å². The summed E-state index contributed by atoms with van der Waals surface area (Å²) in [4.78, 5) is 2.26. The first-order valence-electron chi connectivity index (χ1n) is 5.57.